The predicted octanol–water partition coefficient (Wildman–Crippen LogP) is 3.54. The summed E-state index contributed by atoms with van der Waals surface area (Å²) in [5.41, 5.74) is 2.72. The van der Waals surface area contributed by atoms with E-state index in [9.17, 15) is 4.79 Å². The molecule has 18 heavy (non-hydrogen) atoms. The Morgan fingerprint density at radius 1 is 1.28 bits per heavy atom. The van der Waals surface area contributed by atoms with E-state index < -0.39 is 0 Å². The summed E-state index contributed by atoms with van der Waals surface area (Å²) in [6, 6.07) is 11.2. The smallest absolute Gasteiger partial charge is 0.256 e. The van der Waals surface area contributed by atoms with Gasteiger partial charge in [-0.3, -0.25) is 4.79 Å². The number of nitrogens with one attached hydrogen (secondary N) is 1. The summed E-state index contributed by atoms with van der Waals surface area (Å²) in [6.45, 7) is 1.91. The number of carbonyl (C=O) groups excluding carboxylic acids is 1. The third kappa shape index (κ3) is 2.96. The van der Waals surface area contributed by atoms with Gasteiger partial charge in [0.2, 0.25) is 0 Å². The van der Waals surface area contributed by atoms with Crippen molar-refractivity contribution in [3.63, 3.8) is 0 Å². The van der Waals surface area contributed by atoms with Crippen molar-refractivity contribution in [1.82, 2.24) is 4.98 Å². The topological polar surface area (TPSA) is 42.0 Å². The van der Waals surface area contributed by atoms with Crippen LogP contribution in [0.4, 0.5) is 5.82 Å². The van der Waals surface area contributed by atoms with Crippen LogP contribution >= 0.6 is 15.9 Å². The highest BCUT2D eigenvalue weighted by Gasteiger charge is 2.07. The van der Waals surface area contributed by atoms with E-state index in [1.807, 2.05) is 43.3 Å². The highest BCUT2D eigenvalue weighted by molar-refractivity contribution is 9.08. The number of amides is 1. The molecular weight excluding hydrogens is 292 g/mol. The van der Waals surface area contributed by atoms with Crippen molar-refractivity contribution in [2.75, 3.05) is 5.32 Å². The third-order valence-electron chi connectivity index (χ3n) is 2.61. The average molecular weight is 305 g/mol. The Balaban J connectivity index is 2.14. The minimum absolute atomic E-state index is 0.141. The van der Waals surface area contributed by atoms with Crippen LogP contribution in [0.1, 0.15) is 21.5 Å². The molecule has 0 saturated carbocycles. The van der Waals surface area contributed by atoms with Gasteiger partial charge in [0.05, 0.1) is 0 Å². The second kappa shape index (κ2) is 5.78. The SMILES string of the molecule is Cc1cccnc1NC(=O)c1ccc(CBr)cc1. The maximum atomic E-state index is 12.0. The maximum Gasteiger partial charge on any atom is 0.256 e. The van der Waals surface area contributed by atoms with Crippen molar-refractivity contribution in [3.05, 3.63) is 59.3 Å². The Morgan fingerprint density at radius 2 is 2.00 bits per heavy atom. The van der Waals surface area contributed by atoms with Crippen molar-refractivity contribution >= 4 is 27.7 Å². The summed E-state index contributed by atoms with van der Waals surface area (Å²) in [4.78, 5) is 16.1. The van der Waals surface area contributed by atoms with Gasteiger partial charge in [-0.2, -0.15) is 0 Å². The van der Waals surface area contributed by atoms with Crippen LogP contribution in [0.3, 0.4) is 0 Å². The van der Waals surface area contributed by atoms with Gasteiger partial charge in [-0.25, -0.2) is 4.98 Å². The molecule has 0 radical (unpaired) electrons. The molecule has 0 aliphatic carbocycles. The van der Waals surface area contributed by atoms with Crippen molar-refractivity contribution in [1.29, 1.82) is 0 Å². The number of halogens is 1. The van der Waals surface area contributed by atoms with Crippen LogP contribution in [-0.4, -0.2) is 10.9 Å². The first-order valence-corrected chi connectivity index (χ1v) is 6.70. The number of rotatable bonds is 3. The number of anilines is 1. The number of pyridine rings is 1. The lowest BCUT2D eigenvalue weighted by atomic mass is 10.1. The standard InChI is InChI=1S/C14H13BrN2O/c1-10-3-2-8-16-13(10)17-14(18)12-6-4-11(9-15)5-7-12/h2-8H,9H2,1H3,(H,16,17,18). The molecule has 1 aromatic carbocycles. The minimum Gasteiger partial charge on any atom is -0.306 e. The fourth-order valence-electron chi connectivity index (χ4n) is 1.54. The van der Waals surface area contributed by atoms with E-state index in [2.05, 4.69) is 26.2 Å². The molecule has 2 aromatic rings. The zero-order valence-corrected chi connectivity index (χ0v) is 11.6. The van der Waals surface area contributed by atoms with Crippen molar-refractivity contribution in [2.45, 2.75) is 12.3 Å². The monoisotopic (exact) mass is 304 g/mol. The molecule has 0 bridgehead atoms. The van der Waals surface area contributed by atoms with Gasteiger partial charge < -0.3 is 5.32 Å². The molecule has 1 aromatic heterocycles. The van der Waals surface area contributed by atoms with E-state index in [4.69, 9.17) is 0 Å². The zero-order chi connectivity index (χ0) is 13.0. The summed E-state index contributed by atoms with van der Waals surface area (Å²) in [6.07, 6.45) is 1.66. The highest BCUT2D eigenvalue weighted by atomic mass is 79.9. The molecule has 0 saturated heterocycles. The fourth-order valence-corrected chi connectivity index (χ4v) is 1.92. The Hall–Kier alpha value is -1.68. The molecule has 1 heterocycles. The fraction of sp³-hybridized carbons (Fsp3) is 0.143. The van der Waals surface area contributed by atoms with Gasteiger partial charge in [-0.1, -0.05) is 34.1 Å². The second-order valence-electron chi connectivity index (χ2n) is 3.95. The number of aryl methyl sites for hydroxylation is 1. The lowest BCUT2D eigenvalue weighted by Crippen LogP contribution is -2.13. The van der Waals surface area contributed by atoms with Gasteiger partial charge in [0.15, 0.2) is 0 Å². The van der Waals surface area contributed by atoms with Crippen LogP contribution in [-0.2, 0) is 5.33 Å². The second-order valence-corrected chi connectivity index (χ2v) is 4.51. The molecule has 92 valence electrons. The van der Waals surface area contributed by atoms with Crippen molar-refractivity contribution < 1.29 is 4.79 Å². The van der Waals surface area contributed by atoms with E-state index >= 15 is 0 Å². The zero-order valence-electron chi connectivity index (χ0n) is 9.98. The number of alkyl halides is 1. The summed E-state index contributed by atoms with van der Waals surface area (Å²) < 4.78 is 0. The van der Waals surface area contributed by atoms with E-state index in [0.29, 0.717) is 11.4 Å². The third-order valence-corrected chi connectivity index (χ3v) is 3.26. The van der Waals surface area contributed by atoms with E-state index in [0.717, 1.165) is 16.5 Å². The molecule has 0 aliphatic rings. The van der Waals surface area contributed by atoms with Crippen LogP contribution in [0.2, 0.25) is 0 Å². The molecular formula is C14H13BrN2O. The van der Waals surface area contributed by atoms with Crippen LogP contribution in [0, 0.1) is 6.92 Å². The van der Waals surface area contributed by atoms with Gasteiger partial charge >= 0.3 is 0 Å². The number of aromatic nitrogens is 1. The molecule has 0 atom stereocenters. The molecule has 4 heteroatoms. The molecule has 0 aliphatic heterocycles. The predicted molar refractivity (Wildman–Crippen MR) is 76.0 cm³/mol. The molecule has 1 N–H and O–H groups in total. The molecule has 0 fully saturated rings. The number of hydrogen-bond donors (Lipinski definition) is 1. The number of nitrogens with zero attached hydrogens (tertiary/aromatic N) is 1. The number of benzene rings is 1. The highest BCUT2D eigenvalue weighted by Crippen LogP contribution is 2.12. The van der Waals surface area contributed by atoms with Gasteiger partial charge in [-0.05, 0) is 36.2 Å². The van der Waals surface area contributed by atoms with Crippen molar-refractivity contribution in [3.8, 4) is 0 Å². The lowest BCUT2D eigenvalue weighted by molar-refractivity contribution is 0.102. The first-order chi connectivity index (χ1) is 8.70. The Morgan fingerprint density at radius 3 is 2.61 bits per heavy atom. The van der Waals surface area contributed by atoms with Gasteiger partial charge in [0.25, 0.3) is 5.91 Å². The molecule has 1 amide bonds. The van der Waals surface area contributed by atoms with Gasteiger partial charge in [-0.15, -0.1) is 0 Å². The molecule has 2 rings (SSSR count). The van der Waals surface area contributed by atoms with Gasteiger partial charge in [0, 0.05) is 17.1 Å². The van der Waals surface area contributed by atoms with Crippen LogP contribution < -0.4 is 5.32 Å². The first kappa shape index (κ1) is 12.8. The van der Waals surface area contributed by atoms with Crippen LogP contribution in [0.5, 0.6) is 0 Å². The summed E-state index contributed by atoms with van der Waals surface area (Å²) in [5.74, 6) is 0.463. The van der Waals surface area contributed by atoms with E-state index in [1.165, 1.54) is 0 Å². The Kier molecular flexibility index (Phi) is 4.10. The van der Waals surface area contributed by atoms with Crippen molar-refractivity contribution in [2.24, 2.45) is 0 Å². The van der Waals surface area contributed by atoms with Crippen LogP contribution in [0.25, 0.3) is 0 Å². The normalized spacial score (nSPS) is 10.1. The molecule has 0 unspecified atom stereocenters. The molecule has 0 spiro atoms. The summed E-state index contributed by atoms with van der Waals surface area (Å²) in [5, 5.41) is 3.59. The Bertz CT molecular complexity index is 552. The summed E-state index contributed by atoms with van der Waals surface area (Å²) in [7, 11) is 0. The number of carbonyl (C=O) groups is 1. The quantitative estimate of drug-likeness (QED) is 0.881. The van der Waals surface area contributed by atoms with E-state index in [-0.39, 0.29) is 5.91 Å². The first-order valence-electron chi connectivity index (χ1n) is 5.58. The van der Waals surface area contributed by atoms with Gasteiger partial charge in [0.1, 0.15) is 5.82 Å². The Labute approximate surface area is 114 Å². The molecule has 3 nitrogen and oxygen atoms in total. The number of hydrogen-bond acceptors (Lipinski definition) is 2. The average Bonchev–Trinajstić information content (AvgIpc) is 2.41. The lowest BCUT2D eigenvalue weighted by Gasteiger charge is -2.07. The minimum atomic E-state index is -0.141. The van der Waals surface area contributed by atoms with E-state index in [1.54, 1.807) is 6.20 Å². The largest absolute Gasteiger partial charge is 0.306 e. The maximum absolute atomic E-state index is 12.0. The summed E-state index contributed by atoms with van der Waals surface area (Å²) >= 11 is 3.37. The van der Waals surface area contributed by atoms with Crippen LogP contribution in [0.15, 0.2) is 42.6 Å².